The molecule has 2 aromatic heterocycles. The van der Waals surface area contributed by atoms with Gasteiger partial charge in [0.1, 0.15) is 5.69 Å². The van der Waals surface area contributed by atoms with Crippen LogP contribution in [0, 0.1) is 27.7 Å². The number of carbonyl (C=O) groups excluding carboxylic acids is 1. The lowest BCUT2D eigenvalue weighted by atomic mass is 9.98. The number of carbonyl (C=O) groups is 1. The molecule has 3 nitrogen and oxygen atoms in total. The number of hydrogen-bond acceptors (Lipinski definition) is 2. The molecule has 0 amide bonds. The lowest BCUT2D eigenvalue weighted by molar-refractivity contribution is 0.0592. The van der Waals surface area contributed by atoms with Crippen molar-refractivity contribution < 1.29 is 9.53 Å². The maximum Gasteiger partial charge on any atom is 0.356 e. The van der Waals surface area contributed by atoms with Crippen LogP contribution in [-0.2, 0) is 4.74 Å². The minimum absolute atomic E-state index is 0.361. The summed E-state index contributed by atoms with van der Waals surface area (Å²) in [7, 11) is 1.42. The number of methoxy groups -OCH3 is 1. The van der Waals surface area contributed by atoms with E-state index in [1.54, 1.807) is 0 Å². The van der Waals surface area contributed by atoms with Crippen LogP contribution in [0.1, 0.15) is 32.7 Å². The third-order valence-corrected chi connectivity index (χ3v) is 6.42. The largest absolute Gasteiger partial charge is 0.464 e. The molecule has 0 aliphatic carbocycles. The van der Waals surface area contributed by atoms with Gasteiger partial charge in [0.2, 0.25) is 0 Å². The van der Waals surface area contributed by atoms with E-state index in [9.17, 15) is 4.79 Å². The molecule has 142 valence electrons. The average molecular weight is 436 g/mol. The lowest BCUT2D eigenvalue weighted by Gasteiger charge is -2.10. The maximum absolute atomic E-state index is 12.6. The topological polar surface area (TPSA) is 30.7 Å². The molecule has 0 N–H and O–H groups in total. The van der Waals surface area contributed by atoms with Gasteiger partial charge in [-0.1, -0.05) is 24.3 Å². The quantitative estimate of drug-likeness (QED) is 0.334. The third kappa shape index (κ3) is 2.75. The third-order valence-electron chi connectivity index (χ3n) is 5.64. The van der Waals surface area contributed by atoms with Gasteiger partial charge in [0, 0.05) is 17.1 Å². The van der Waals surface area contributed by atoms with Crippen LogP contribution >= 0.6 is 15.9 Å². The van der Waals surface area contributed by atoms with Crippen LogP contribution in [0.5, 0.6) is 0 Å². The summed E-state index contributed by atoms with van der Waals surface area (Å²) in [5.41, 5.74) is 8.54. The summed E-state index contributed by atoms with van der Waals surface area (Å²) >= 11 is 3.71. The summed E-state index contributed by atoms with van der Waals surface area (Å²) in [6.45, 7) is 8.45. The van der Waals surface area contributed by atoms with Crippen molar-refractivity contribution in [1.29, 1.82) is 0 Å². The van der Waals surface area contributed by atoms with Gasteiger partial charge in [-0.2, -0.15) is 0 Å². The Labute approximate surface area is 173 Å². The van der Waals surface area contributed by atoms with Gasteiger partial charge in [-0.15, -0.1) is 0 Å². The molecule has 28 heavy (non-hydrogen) atoms. The summed E-state index contributed by atoms with van der Waals surface area (Å²) in [6, 6.07) is 12.9. The minimum Gasteiger partial charge on any atom is -0.464 e. The fourth-order valence-electron chi connectivity index (χ4n) is 3.76. The first-order valence-corrected chi connectivity index (χ1v) is 10.0. The van der Waals surface area contributed by atoms with Crippen LogP contribution < -0.4 is 0 Å². The van der Waals surface area contributed by atoms with Crippen LogP contribution in [0.25, 0.3) is 27.4 Å². The van der Waals surface area contributed by atoms with Crippen molar-refractivity contribution in [2.75, 3.05) is 7.11 Å². The number of hydrogen-bond donors (Lipinski definition) is 0. The van der Waals surface area contributed by atoms with E-state index in [1.165, 1.54) is 29.4 Å². The van der Waals surface area contributed by atoms with Gasteiger partial charge in [-0.05, 0) is 89.0 Å². The molecular formula is C24H22BrNO2. The van der Waals surface area contributed by atoms with Crippen LogP contribution in [0.4, 0.5) is 0 Å². The number of aryl methyl sites for hydroxylation is 4. The highest BCUT2D eigenvalue weighted by Gasteiger charge is 2.25. The van der Waals surface area contributed by atoms with Gasteiger partial charge < -0.3 is 9.14 Å². The number of aromatic nitrogens is 1. The van der Waals surface area contributed by atoms with E-state index in [2.05, 4.69) is 80.0 Å². The summed E-state index contributed by atoms with van der Waals surface area (Å²) in [4.78, 5) is 12.6. The van der Waals surface area contributed by atoms with Crippen molar-refractivity contribution in [3.05, 3.63) is 75.0 Å². The molecule has 0 atom stereocenters. The monoisotopic (exact) mass is 435 g/mol. The first kappa shape index (κ1) is 18.8. The Kier molecular flexibility index (Phi) is 4.54. The highest BCUT2D eigenvalue weighted by molar-refractivity contribution is 9.10. The number of rotatable bonds is 2. The van der Waals surface area contributed by atoms with Crippen molar-refractivity contribution in [3.8, 4) is 11.1 Å². The van der Waals surface area contributed by atoms with Gasteiger partial charge in [0.05, 0.1) is 17.1 Å². The molecule has 0 unspecified atom stereocenters. The van der Waals surface area contributed by atoms with Crippen molar-refractivity contribution in [2.24, 2.45) is 0 Å². The molecule has 0 bridgehead atoms. The van der Waals surface area contributed by atoms with Gasteiger partial charge in [0.15, 0.2) is 0 Å². The van der Waals surface area contributed by atoms with Crippen molar-refractivity contribution in [3.63, 3.8) is 0 Å². The Morgan fingerprint density at radius 2 is 1.61 bits per heavy atom. The Balaban J connectivity index is 2.22. The van der Waals surface area contributed by atoms with Gasteiger partial charge in [-0.3, -0.25) is 0 Å². The van der Waals surface area contributed by atoms with Gasteiger partial charge in [-0.25, -0.2) is 4.79 Å². The molecule has 0 spiro atoms. The molecule has 0 radical (unpaired) electrons. The summed E-state index contributed by atoms with van der Waals surface area (Å²) < 4.78 is 7.78. The second kappa shape index (κ2) is 6.78. The zero-order valence-corrected chi connectivity index (χ0v) is 18.3. The molecule has 4 rings (SSSR count). The molecule has 2 heterocycles. The molecular weight excluding hydrogens is 414 g/mol. The van der Waals surface area contributed by atoms with Gasteiger partial charge >= 0.3 is 5.97 Å². The van der Waals surface area contributed by atoms with E-state index in [4.69, 9.17) is 4.74 Å². The summed E-state index contributed by atoms with van der Waals surface area (Å²) in [5.74, 6) is -0.361. The number of benzene rings is 2. The predicted molar refractivity (Wildman–Crippen MR) is 118 cm³/mol. The molecule has 4 heteroatoms. The number of pyridine rings is 1. The highest BCUT2D eigenvalue weighted by atomic mass is 79.9. The first-order valence-electron chi connectivity index (χ1n) is 9.23. The minimum atomic E-state index is -0.361. The Hall–Kier alpha value is -2.59. The van der Waals surface area contributed by atoms with E-state index in [0.29, 0.717) is 5.69 Å². The Morgan fingerprint density at radius 1 is 0.929 bits per heavy atom. The zero-order chi connectivity index (χ0) is 20.2. The van der Waals surface area contributed by atoms with Crippen molar-refractivity contribution >= 4 is 38.2 Å². The van der Waals surface area contributed by atoms with E-state index in [0.717, 1.165) is 31.9 Å². The number of esters is 1. The summed E-state index contributed by atoms with van der Waals surface area (Å²) in [5, 5.41) is 2.27. The molecule has 0 aliphatic heterocycles. The van der Waals surface area contributed by atoms with Crippen LogP contribution in [0.15, 0.2) is 47.1 Å². The van der Waals surface area contributed by atoms with Gasteiger partial charge in [0.25, 0.3) is 0 Å². The molecule has 0 fully saturated rings. The highest BCUT2D eigenvalue weighted by Crippen LogP contribution is 2.41. The SMILES string of the molecule is COC(=O)c1c(Br)c(-c2ccc(C)c(C)c2)c2c3cc(C)c(C)cc3ccn12. The second-order valence-electron chi connectivity index (χ2n) is 7.39. The molecule has 0 aliphatic rings. The Morgan fingerprint density at radius 3 is 2.29 bits per heavy atom. The summed E-state index contributed by atoms with van der Waals surface area (Å²) in [6.07, 6.45) is 1.95. The lowest BCUT2D eigenvalue weighted by Crippen LogP contribution is -2.06. The van der Waals surface area contributed by atoms with E-state index in [-0.39, 0.29) is 5.97 Å². The first-order chi connectivity index (χ1) is 13.3. The van der Waals surface area contributed by atoms with Crippen molar-refractivity contribution in [1.82, 2.24) is 4.40 Å². The fourth-order valence-corrected chi connectivity index (χ4v) is 4.52. The van der Waals surface area contributed by atoms with E-state index in [1.807, 2.05) is 10.6 Å². The predicted octanol–water partition coefficient (Wildman–Crippen LogP) is 6.54. The smallest absolute Gasteiger partial charge is 0.356 e. The van der Waals surface area contributed by atoms with Crippen LogP contribution in [0.3, 0.4) is 0 Å². The number of nitrogens with zero attached hydrogens (tertiary/aromatic N) is 1. The molecule has 0 saturated carbocycles. The fraction of sp³-hybridized carbons (Fsp3) is 0.208. The molecule has 0 saturated heterocycles. The normalized spacial score (nSPS) is 11.4. The average Bonchev–Trinajstić information content (AvgIpc) is 2.97. The molecule has 2 aromatic carbocycles. The van der Waals surface area contributed by atoms with Crippen LogP contribution in [-0.4, -0.2) is 17.5 Å². The number of halogens is 1. The second-order valence-corrected chi connectivity index (χ2v) is 8.18. The number of ether oxygens (including phenoxy) is 1. The van der Waals surface area contributed by atoms with E-state index < -0.39 is 0 Å². The van der Waals surface area contributed by atoms with E-state index >= 15 is 0 Å². The number of fused-ring (bicyclic) bond motifs is 3. The van der Waals surface area contributed by atoms with Crippen molar-refractivity contribution in [2.45, 2.75) is 27.7 Å². The Bertz CT molecular complexity index is 1270. The maximum atomic E-state index is 12.6. The zero-order valence-electron chi connectivity index (χ0n) is 16.7. The molecule has 4 aromatic rings. The van der Waals surface area contributed by atoms with Crippen LogP contribution in [0.2, 0.25) is 0 Å². The standard InChI is InChI=1S/C24H22BrNO2/c1-13-6-7-18(11-14(13)2)20-21(25)23(24(27)28-5)26-9-8-17-10-15(3)16(4)12-19(17)22(20)26/h6-12H,1-5H3.